The second-order valence-electron chi connectivity index (χ2n) is 6.21. The smallest absolute Gasteiger partial charge is 0.277 e. The van der Waals surface area contributed by atoms with E-state index < -0.39 is 47.9 Å². The first-order chi connectivity index (χ1) is 12.8. The van der Waals surface area contributed by atoms with E-state index in [0.29, 0.717) is 6.07 Å². The van der Waals surface area contributed by atoms with Crippen LogP contribution in [-0.2, 0) is 10.0 Å². The second kappa shape index (κ2) is 7.20. The van der Waals surface area contributed by atoms with Crippen molar-refractivity contribution < 1.29 is 23.1 Å². The van der Waals surface area contributed by atoms with Crippen LogP contribution in [0.5, 0.6) is 0 Å². The van der Waals surface area contributed by atoms with E-state index in [0.717, 1.165) is 22.5 Å². The van der Waals surface area contributed by atoms with Gasteiger partial charge in [0.15, 0.2) is 10.7 Å². The van der Waals surface area contributed by atoms with Gasteiger partial charge in [0.25, 0.3) is 11.4 Å². The van der Waals surface area contributed by atoms with Crippen LogP contribution in [0.25, 0.3) is 0 Å². The number of ketones is 1. The number of nitrogens with two attached hydrogens (primary N) is 2. The Balaban J connectivity index is 2.61. The minimum Gasteiger partial charge on any atom is -0.322 e. The van der Waals surface area contributed by atoms with Gasteiger partial charge in [0.1, 0.15) is 0 Å². The highest BCUT2D eigenvalue weighted by Gasteiger charge is 2.46. The summed E-state index contributed by atoms with van der Waals surface area (Å²) in [5, 5.41) is 22.0. The van der Waals surface area contributed by atoms with E-state index in [1.54, 1.807) is 0 Å². The maximum absolute atomic E-state index is 12.8. The maximum atomic E-state index is 12.8. The zero-order chi connectivity index (χ0) is 21.4. The SMILES string of the molecule is CN(C)S(=O)(=O)C1(N)C=C(C(=O)c2cc([N+](=O)[O-])cc([N+](=O)[O-])c2)C=CC1N. The van der Waals surface area contributed by atoms with Crippen molar-refractivity contribution in [2.75, 3.05) is 14.1 Å². The third-order valence-electron chi connectivity index (χ3n) is 4.16. The van der Waals surface area contributed by atoms with Crippen molar-refractivity contribution in [2.45, 2.75) is 10.9 Å². The number of nitro groups is 2. The van der Waals surface area contributed by atoms with Crippen molar-refractivity contribution in [1.82, 2.24) is 4.31 Å². The van der Waals surface area contributed by atoms with Gasteiger partial charge in [-0.1, -0.05) is 12.2 Å². The number of non-ortho nitro benzene ring substituents is 2. The predicted molar refractivity (Wildman–Crippen MR) is 98.8 cm³/mol. The number of nitro benzene ring substituents is 2. The molecule has 1 aliphatic carbocycles. The monoisotopic (exact) mass is 411 g/mol. The molecule has 12 nitrogen and oxygen atoms in total. The molecular formula is C15H17N5O7S. The summed E-state index contributed by atoms with van der Waals surface area (Å²) in [6.45, 7) is 0. The Morgan fingerprint density at radius 2 is 1.64 bits per heavy atom. The molecule has 0 spiro atoms. The number of allylic oxidation sites excluding steroid dienone is 2. The zero-order valence-corrected chi connectivity index (χ0v) is 15.6. The number of rotatable bonds is 6. The molecule has 0 saturated carbocycles. The van der Waals surface area contributed by atoms with Gasteiger partial charge in [0, 0.05) is 37.4 Å². The van der Waals surface area contributed by atoms with Gasteiger partial charge < -0.3 is 11.5 Å². The fourth-order valence-corrected chi connectivity index (χ4v) is 3.88. The number of carbonyl (C=O) groups excluding carboxylic acids is 1. The molecule has 2 atom stereocenters. The summed E-state index contributed by atoms with van der Waals surface area (Å²) in [7, 11) is -1.66. The number of hydrogen-bond donors (Lipinski definition) is 2. The molecule has 13 heteroatoms. The summed E-state index contributed by atoms with van der Waals surface area (Å²) in [5.74, 6) is -0.876. The molecule has 2 rings (SSSR count). The van der Waals surface area contributed by atoms with Crippen molar-refractivity contribution in [2.24, 2.45) is 11.5 Å². The standard InChI is InChI=1S/C15H17N5O7S/c1-18(2)28(26,27)15(17)8-9(3-4-13(15)16)14(21)10-5-11(19(22)23)7-12(6-10)20(24)25/h3-8,13H,16-17H2,1-2H3. The molecule has 0 aromatic heterocycles. The average Bonchev–Trinajstić information content (AvgIpc) is 2.62. The quantitative estimate of drug-likeness (QED) is 0.369. The third kappa shape index (κ3) is 3.55. The summed E-state index contributed by atoms with van der Waals surface area (Å²) in [4.78, 5) is 30.9. The lowest BCUT2D eigenvalue weighted by Gasteiger charge is -2.35. The fraction of sp³-hybridized carbons (Fsp3) is 0.267. The van der Waals surface area contributed by atoms with Gasteiger partial charge in [-0.15, -0.1) is 0 Å². The highest BCUT2D eigenvalue weighted by atomic mass is 32.2. The molecule has 0 radical (unpaired) electrons. The van der Waals surface area contributed by atoms with Crippen LogP contribution >= 0.6 is 0 Å². The number of hydrogen-bond acceptors (Lipinski definition) is 9. The molecule has 1 aromatic carbocycles. The molecule has 1 aliphatic rings. The van der Waals surface area contributed by atoms with Gasteiger partial charge in [-0.05, 0) is 6.08 Å². The largest absolute Gasteiger partial charge is 0.322 e. The minimum atomic E-state index is -4.15. The molecule has 0 aliphatic heterocycles. The van der Waals surface area contributed by atoms with Gasteiger partial charge in [0.2, 0.25) is 10.0 Å². The van der Waals surface area contributed by atoms with Crippen molar-refractivity contribution in [3.8, 4) is 0 Å². The van der Waals surface area contributed by atoms with Crippen LogP contribution in [0.2, 0.25) is 0 Å². The summed E-state index contributed by atoms with van der Waals surface area (Å²) in [6.07, 6.45) is 3.37. The topological polar surface area (TPSA) is 193 Å². The number of carbonyl (C=O) groups is 1. The van der Waals surface area contributed by atoms with Crippen molar-refractivity contribution in [3.63, 3.8) is 0 Å². The molecule has 4 N–H and O–H groups in total. The van der Waals surface area contributed by atoms with Crippen molar-refractivity contribution in [1.29, 1.82) is 0 Å². The second-order valence-corrected chi connectivity index (χ2v) is 8.59. The van der Waals surface area contributed by atoms with Crippen LogP contribution < -0.4 is 11.5 Å². The molecule has 0 bridgehead atoms. The molecule has 2 unspecified atom stereocenters. The predicted octanol–water partition coefficient (Wildman–Crippen LogP) is 0.0556. The van der Waals surface area contributed by atoms with Crippen LogP contribution in [0.15, 0.2) is 42.0 Å². The Morgan fingerprint density at radius 1 is 1.14 bits per heavy atom. The van der Waals surface area contributed by atoms with Gasteiger partial charge in [-0.2, -0.15) is 0 Å². The normalized spacial score (nSPS) is 22.0. The van der Waals surface area contributed by atoms with Gasteiger partial charge >= 0.3 is 0 Å². The lowest BCUT2D eigenvalue weighted by atomic mass is 9.93. The molecule has 0 amide bonds. The molecular weight excluding hydrogens is 394 g/mol. The molecule has 28 heavy (non-hydrogen) atoms. The summed E-state index contributed by atoms with van der Waals surface area (Å²) >= 11 is 0. The van der Waals surface area contributed by atoms with E-state index in [9.17, 15) is 33.4 Å². The molecule has 1 aromatic rings. The van der Waals surface area contributed by atoms with E-state index in [2.05, 4.69) is 0 Å². The first-order valence-electron chi connectivity index (χ1n) is 7.67. The summed E-state index contributed by atoms with van der Waals surface area (Å²) in [5.41, 5.74) is 9.91. The molecule has 0 heterocycles. The molecule has 0 saturated heterocycles. The highest BCUT2D eigenvalue weighted by Crippen LogP contribution is 2.29. The number of Topliss-reactive ketones (excluding diaryl/α,β-unsaturated/α-hetero) is 1. The van der Waals surface area contributed by atoms with Crippen LogP contribution in [0.4, 0.5) is 11.4 Å². The van der Waals surface area contributed by atoms with E-state index in [1.807, 2.05) is 0 Å². The fourth-order valence-electron chi connectivity index (χ4n) is 2.55. The lowest BCUT2D eigenvalue weighted by Crippen LogP contribution is -2.62. The van der Waals surface area contributed by atoms with E-state index in [1.165, 1.54) is 26.2 Å². The van der Waals surface area contributed by atoms with E-state index in [-0.39, 0.29) is 11.1 Å². The van der Waals surface area contributed by atoms with Crippen molar-refractivity contribution >= 4 is 27.2 Å². The summed E-state index contributed by atoms with van der Waals surface area (Å²) in [6, 6.07) is 1.26. The number of nitrogens with zero attached hydrogens (tertiary/aromatic N) is 3. The summed E-state index contributed by atoms with van der Waals surface area (Å²) < 4.78 is 26.0. The molecule has 150 valence electrons. The van der Waals surface area contributed by atoms with Crippen LogP contribution in [0, 0.1) is 20.2 Å². The zero-order valence-electron chi connectivity index (χ0n) is 14.8. The van der Waals surface area contributed by atoms with Crippen LogP contribution in [0.1, 0.15) is 10.4 Å². The van der Waals surface area contributed by atoms with Gasteiger partial charge in [0.05, 0.1) is 22.0 Å². The third-order valence-corrected chi connectivity index (χ3v) is 6.41. The minimum absolute atomic E-state index is 0.218. The Bertz CT molecular complexity index is 999. The first kappa shape index (κ1) is 21.3. The number of benzene rings is 1. The Kier molecular flexibility index (Phi) is 5.48. The maximum Gasteiger partial charge on any atom is 0.277 e. The first-order valence-corrected chi connectivity index (χ1v) is 9.11. The highest BCUT2D eigenvalue weighted by molar-refractivity contribution is 7.90. The van der Waals surface area contributed by atoms with Crippen LogP contribution in [-0.4, -0.2) is 53.4 Å². The van der Waals surface area contributed by atoms with E-state index >= 15 is 0 Å². The van der Waals surface area contributed by atoms with E-state index in [4.69, 9.17) is 11.5 Å². The Labute approximate surface area is 159 Å². The van der Waals surface area contributed by atoms with Crippen molar-refractivity contribution in [3.05, 3.63) is 67.8 Å². The Morgan fingerprint density at radius 3 is 2.07 bits per heavy atom. The number of sulfonamides is 1. The van der Waals surface area contributed by atoms with Crippen LogP contribution in [0.3, 0.4) is 0 Å². The molecule has 0 fully saturated rings. The van der Waals surface area contributed by atoms with Gasteiger partial charge in [-0.3, -0.25) is 25.0 Å². The lowest BCUT2D eigenvalue weighted by molar-refractivity contribution is -0.394. The Hall–Kier alpha value is -3.00. The average molecular weight is 411 g/mol. The van der Waals surface area contributed by atoms with Gasteiger partial charge in [-0.25, -0.2) is 12.7 Å².